The van der Waals surface area contributed by atoms with Crippen molar-refractivity contribution in [1.82, 2.24) is 9.62 Å². The van der Waals surface area contributed by atoms with Crippen LogP contribution in [0.3, 0.4) is 0 Å². The van der Waals surface area contributed by atoms with Gasteiger partial charge in [-0.2, -0.15) is 0 Å². The van der Waals surface area contributed by atoms with Gasteiger partial charge in [-0.3, -0.25) is 4.79 Å². The average Bonchev–Trinajstić information content (AvgIpc) is 3.18. The van der Waals surface area contributed by atoms with E-state index in [9.17, 15) is 13.2 Å². The highest BCUT2D eigenvalue weighted by Gasteiger charge is 2.23. The van der Waals surface area contributed by atoms with Gasteiger partial charge >= 0.3 is 0 Å². The molecule has 2 heterocycles. The molecule has 0 aliphatic carbocycles. The first-order chi connectivity index (χ1) is 13.4. The topological polar surface area (TPSA) is 79.6 Å². The molecule has 3 rings (SSSR count). The van der Waals surface area contributed by atoms with Gasteiger partial charge in [0.2, 0.25) is 15.9 Å². The lowest BCUT2D eigenvalue weighted by molar-refractivity contribution is -0.127. The van der Waals surface area contributed by atoms with Crippen molar-refractivity contribution in [2.45, 2.75) is 18.6 Å². The van der Waals surface area contributed by atoms with E-state index in [0.717, 1.165) is 12.8 Å². The Morgan fingerprint density at radius 1 is 1.25 bits per heavy atom. The molecule has 0 unspecified atom stereocenters. The number of rotatable bonds is 7. The third-order valence-electron chi connectivity index (χ3n) is 4.70. The van der Waals surface area contributed by atoms with E-state index in [0.29, 0.717) is 36.0 Å². The van der Waals surface area contributed by atoms with Gasteiger partial charge in [0.15, 0.2) is 0 Å². The van der Waals surface area contributed by atoms with Crippen molar-refractivity contribution in [2.24, 2.45) is 5.92 Å². The predicted octanol–water partition coefficient (Wildman–Crippen LogP) is 3.30. The number of carbonyl (C=O) groups excluding carboxylic acids is 1. The molecule has 1 aromatic carbocycles. The van der Waals surface area contributed by atoms with Crippen LogP contribution >= 0.6 is 11.6 Å². The third kappa shape index (κ3) is 6.22. The smallest absolute Gasteiger partial charge is 0.246 e. The Hall–Kier alpha value is -2.09. The molecule has 1 aliphatic heterocycles. The van der Waals surface area contributed by atoms with Gasteiger partial charge in [0.05, 0.1) is 12.0 Å². The fraction of sp³-hybridized carbons (Fsp3) is 0.350. The molecule has 0 radical (unpaired) electrons. The van der Waals surface area contributed by atoms with Crippen molar-refractivity contribution in [3.8, 4) is 0 Å². The van der Waals surface area contributed by atoms with Crippen LogP contribution in [0.4, 0.5) is 0 Å². The molecule has 1 aliphatic rings. The molecule has 0 saturated carbocycles. The van der Waals surface area contributed by atoms with Gasteiger partial charge in [-0.25, -0.2) is 13.1 Å². The van der Waals surface area contributed by atoms with Crippen LogP contribution in [-0.2, 0) is 20.6 Å². The van der Waals surface area contributed by atoms with Crippen molar-refractivity contribution in [2.75, 3.05) is 19.6 Å². The van der Waals surface area contributed by atoms with Gasteiger partial charge in [0.1, 0.15) is 5.76 Å². The summed E-state index contributed by atoms with van der Waals surface area (Å²) < 4.78 is 32.4. The van der Waals surface area contributed by atoms with E-state index >= 15 is 0 Å². The van der Waals surface area contributed by atoms with Gasteiger partial charge in [0, 0.05) is 30.7 Å². The highest BCUT2D eigenvalue weighted by atomic mass is 35.5. The number of hydrogen-bond acceptors (Lipinski definition) is 4. The highest BCUT2D eigenvalue weighted by Crippen LogP contribution is 2.18. The first kappa shape index (κ1) is 20.6. The molecule has 28 heavy (non-hydrogen) atoms. The summed E-state index contributed by atoms with van der Waals surface area (Å²) in [5.74, 6) is 0.698. The monoisotopic (exact) mass is 422 g/mol. The fourth-order valence-corrected chi connectivity index (χ4v) is 4.57. The third-order valence-corrected chi connectivity index (χ3v) is 6.25. The van der Waals surface area contributed by atoms with Crippen molar-refractivity contribution >= 4 is 33.6 Å². The second-order valence-electron chi connectivity index (χ2n) is 6.85. The van der Waals surface area contributed by atoms with E-state index in [2.05, 4.69) is 4.72 Å². The number of furan rings is 1. The zero-order chi connectivity index (χ0) is 20.0. The molecular weight excluding hydrogens is 400 g/mol. The maximum Gasteiger partial charge on any atom is 0.246 e. The number of carbonyl (C=O) groups is 1. The number of nitrogens with zero attached hydrogens (tertiary/aromatic N) is 1. The number of sulfonamides is 1. The number of amides is 1. The fourth-order valence-electron chi connectivity index (χ4n) is 3.14. The number of hydrogen-bond donors (Lipinski definition) is 1. The van der Waals surface area contributed by atoms with Crippen molar-refractivity contribution in [3.05, 3.63) is 65.1 Å². The standard InChI is InChI=1S/C20H23ClN2O4S/c21-18-4-1-3-17(13-18)15-28(25,26)22-14-16-8-10-23(11-9-16)20(24)7-6-19-5-2-12-27-19/h1-7,12-13,16,22H,8-11,14-15H2/b7-6+. The summed E-state index contributed by atoms with van der Waals surface area (Å²) in [6, 6.07) is 10.4. The van der Waals surface area contributed by atoms with Crippen LogP contribution in [0.5, 0.6) is 0 Å². The van der Waals surface area contributed by atoms with Gasteiger partial charge < -0.3 is 9.32 Å². The molecule has 2 aromatic rings. The molecule has 1 N–H and O–H groups in total. The Morgan fingerprint density at radius 2 is 2.04 bits per heavy atom. The highest BCUT2D eigenvalue weighted by molar-refractivity contribution is 7.88. The van der Waals surface area contributed by atoms with Crippen molar-refractivity contribution < 1.29 is 17.6 Å². The van der Waals surface area contributed by atoms with Crippen LogP contribution in [0.15, 0.2) is 53.2 Å². The number of halogens is 1. The summed E-state index contributed by atoms with van der Waals surface area (Å²) >= 11 is 5.91. The first-order valence-electron chi connectivity index (χ1n) is 9.13. The summed E-state index contributed by atoms with van der Waals surface area (Å²) in [5.41, 5.74) is 0.656. The van der Waals surface area contributed by atoms with Crippen LogP contribution in [0.25, 0.3) is 6.08 Å². The lowest BCUT2D eigenvalue weighted by Gasteiger charge is -2.31. The molecule has 0 atom stereocenters. The maximum absolute atomic E-state index is 12.3. The Bertz CT molecular complexity index is 917. The minimum Gasteiger partial charge on any atom is -0.465 e. The van der Waals surface area contributed by atoms with Crippen molar-refractivity contribution in [1.29, 1.82) is 0 Å². The molecule has 8 heteroatoms. The molecule has 6 nitrogen and oxygen atoms in total. The summed E-state index contributed by atoms with van der Waals surface area (Å²) in [5, 5.41) is 0.519. The Kier molecular flexibility index (Phi) is 6.93. The first-order valence-corrected chi connectivity index (χ1v) is 11.2. The molecule has 1 fully saturated rings. The van der Waals surface area contributed by atoms with E-state index < -0.39 is 10.0 Å². The minimum atomic E-state index is -3.43. The zero-order valence-electron chi connectivity index (χ0n) is 15.4. The zero-order valence-corrected chi connectivity index (χ0v) is 17.0. The predicted molar refractivity (Wildman–Crippen MR) is 109 cm³/mol. The van der Waals surface area contributed by atoms with Gasteiger partial charge in [-0.1, -0.05) is 23.7 Å². The molecule has 0 bridgehead atoms. The number of piperidine rings is 1. The van der Waals surface area contributed by atoms with Crippen LogP contribution in [0, 0.1) is 5.92 Å². The largest absolute Gasteiger partial charge is 0.465 e. The maximum atomic E-state index is 12.3. The van der Waals surface area contributed by atoms with Crippen LogP contribution < -0.4 is 4.72 Å². The lowest BCUT2D eigenvalue weighted by atomic mass is 9.97. The second-order valence-corrected chi connectivity index (χ2v) is 9.10. The quantitative estimate of drug-likeness (QED) is 0.694. The van der Waals surface area contributed by atoms with Gasteiger partial charge in [0.25, 0.3) is 0 Å². The lowest BCUT2D eigenvalue weighted by Crippen LogP contribution is -2.41. The van der Waals surface area contributed by atoms with E-state index in [-0.39, 0.29) is 17.6 Å². The summed E-state index contributed by atoms with van der Waals surface area (Å²) in [4.78, 5) is 14.0. The number of likely N-dealkylation sites (tertiary alicyclic amines) is 1. The van der Waals surface area contributed by atoms with Crippen LogP contribution in [0.2, 0.25) is 5.02 Å². The van der Waals surface area contributed by atoms with Gasteiger partial charge in [-0.15, -0.1) is 0 Å². The van der Waals surface area contributed by atoms with Gasteiger partial charge in [-0.05, 0) is 54.7 Å². The molecule has 150 valence electrons. The molecule has 1 saturated heterocycles. The minimum absolute atomic E-state index is 0.0589. The molecule has 1 aromatic heterocycles. The van der Waals surface area contributed by atoms with Crippen LogP contribution in [0.1, 0.15) is 24.2 Å². The molecule has 1 amide bonds. The average molecular weight is 423 g/mol. The second kappa shape index (κ2) is 9.41. The SMILES string of the molecule is O=C(/C=C/c1ccco1)N1CCC(CNS(=O)(=O)Cc2cccc(Cl)c2)CC1. The van der Waals surface area contributed by atoms with E-state index in [4.69, 9.17) is 16.0 Å². The summed E-state index contributed by atoms with van der Waals surface area (Å²) in [6.07, 6.45) is 6.24. The summed E-state index contributed by atoms with van der Waals surface area (Å²) in [7, 11) is -3.43. The molecule has 0 spiro atoms. The number of nitrogens with one attached hydrogen (secondary N) is 1. The number of benzene rings is 1. The molecular formula is C20H23ClN2O4S. The van der Waals surface area contributed by atoms with Crippen molar-refractivity contribution in [3.63, 3.8) is 0 Å². The summed E-state index contributed by atoms with van der Waals surface area (Å²) in [6.45, 7) is 1.61. The van der Waals surface area contributed by atoms with Crippen LogP contribution in [-0.4, -0.2) is 38.9 Å². The van der Waals surface area contributed by atoms with E-state index in [1.807, 2.05) is 0 Å². The normalized spacial score (nSPS) is 16.0. The Balaban J connectivity index is 1.43. The Morgan fingerprint density at radius 3 is 2.71 bits per heavy atom. The Labute approximate surface area is 170 Å². The van der Waals surface area contributed by atoms with E-state index in [1.165, 1.54) is 6.08 Å². The van der Waals surface area contributed by atoms with E-state index in [1.54, 1.807) is 53.6 Å².